The predicted octanol–water partition coefficient (Wildman–Crippen LogP) is 3.38. The van der Waals surface area contributed by atoms with Crippen LogP contribution in [0.25, 0.3) is 0 Å². The van der Waals surface area contributed by atoms with Crippen LogP contribution in [0.15, 0.2) is 18.2 Å². The van der Waals surface area contributed by atoms with Crippen molar-refractivity contribution in [1.29, 1.82) is 0 Å². The minimum Gasteiger partial charge on any atom is -0.398 e. The van der Waals surface area contributed by atoms with Crippen molar-refractivity contribution >= 4 is 11.6 Å². The van der Waals surface area contributed by atoms with Gasteiger partial charge >= 0.3 is 6.18 Å². The fourth-order valence-corrected chi connectivity index (χ4v) is 2.55. The normalized spacial score (nSPS) is 16.6. The number of rotatable bonds is 4. The van der Waals surface area contributed by atoms with Crippen LogP contribution in [0, 0.1) is 12.8 Å². The molecule has 0 saturated heterocycles. The number of halogens is 3. The minimum absolute atomic E-state index is 0.154. The van der Waals surface area contributed by atoms with E-state index in [2.05, 4.69) is 0 Å². The molecule has 1 aromatic carbocycles. The number of aryl methyl sites for hydroxylation is 1. The molecule has 0 aliphatic heterocycles. The Balaban J connectivity index is 2.33. The first-order chi connectivity index (χ1) is 9.70. The Morgan fingerprint density at radius 2 is 2.05 bits per heavy atom. The zero-order valence-corrected chi connectivity index (χ0v) is 12.1. The molecule has 0 bridgehead atoms. The van der Waals surface area contributed by atoms with Gasteiger partial charge in [0, 0.05) is 11.7 Å². The summed E-state index contributed by atoms with van der Waals surface area (Å²) in [5.74, 6) is -0.483. The third kappa shape index (κ3) is 3.68. The summed E-state index contributed by atoms with van der Waals surface area (Å²) >= 11 is 0. The Morgan fingerprint density at radius 3 is 2.52 bits per heavy atom. The molecule has 1 saturated carbocycles. The van der Waals surface area contributed by atoms with Crippen molar-refractivity contribution in [1.82, 2.24) is 4.90 Å². The Labute approximate surface area is 121 Å². The average Bonchev–Trinajstić information content (AvgIpc) is 3.17. The van der Waals surface area contributed by atoms with E-state index in [1.807, 2.05) is 0 Å². The SMILES string of the molecule is Cc1cccc(N)c1C(=O)N(CC(F)(F)F)C(C)C1CC1. The third-order valence-electron chi connectivity index (χ3n) is 3.93. The fourth-order valence-electron chi connectivity index (χ4n) is 2.55. The summed E-state index contributed by atoms with van der Waals surface area (Å²) in [7, 11) is 0. The molecule has 0 spiro atoms. The number of hydrogen-bond acceptors (Lipinski definition) is 2. The number of carbonyl (C=O) groups is 1. The first-order valence-corrected chi connectivity index (χ1v) is 6.93. The summed E-state index contributed by atoms with van der Waals surface area (Å²) in [4.78, 5) is 13.5. The number of nitrogens with zero attached hydrogens (tertiary/aromatic N) is 1. The van der Waals surface area contributed by atoms with Crippen LogP contribution in [0.3, 0.4) is 0 Å². The number of hydrogen-bond donors (Lipinski definition) is 1. The number of amides is 1. The Kier molecular flexibility index (Phi) is 4.16. The molecule has 0 heterocycles. The van der Waals surface area contributed by atoms with Crippen LogP contribution < -0.4 is 5.73 Å². The van der Waals surface area contributed by atoms with Gasteiger partial charge in [0.1, 0.15) is 6.54 Å². The molecule has 6 heteroatoms. The fraction of sp³-hybridized carbons (Fsp3) is 0.533. The Hall–Kier alpha value is -1.72. The summed E-state index contributed by atoms with van der Waals surface area (Å²) in [6, 6.07) is 4.46. The standard InChI is InChI=1S/C15H19F3N2O/c1-9-4-3-5-12(19)13(9)14(21)20(8-15(16,17)18)10(2)11-6-7-11/h3-5,10-11H,6-8,19H2,1-2H3. The van der Waals surface area contributed by atoms with Crippen molar-refractivity contribution in [2.24, 2.45) is 5.92 Å². The highest BCUT2D eigenvalue weighted by Crippen LogP contribution is 2.37. The number of nitrogen functional groups attached to an aromatic ring is 1. The van der Waals surface area contributed by atoms with Gasteiger partial charge in [-0.15, -0.1) is 0 Å². The van der Waals surface area contributed by atoms with Crippen LogP contribution in [0.1, 0.15) is 35.7 Å². The van der Waals surface area contributed by atoms with Gasteiger partial charge < -0.3 is 10.6 Å². The maximum atomic E-state index is 12.8. The van der Waals surface area contributed by atoms with E-state index >= 15 is 0 Å². The Bertz CT molecular complexity index is 518. The molecule has 2 N–H and O–H groups in total. The molecule has 1 aromatic rings. The van der Waals surface area contributed by atoms with Crippen LogP contribution in [0.4, 0.5) is 18.9 Å². The zero-order chi connectivity index (χ0) is 15.8. The van der Waals surface area contributed by atoms with Gasteiger partial charge in [-0.2, -0.15) is 13.2 Å². The quantitative estimate of drug-likeness (QED) is 0.866. The molecule has 21 heavy (non-hydrogen) atoms. The zero-order valence-electron chi connectivity index (χ0n) is 12.1. The number of anilines is 1. The summed E-state index contributed by atoms with van der Waals surface area (Å²) in [5, 5.41) is 0. The highest BCUT2D eigenvalue weighted by Gasteiger charge is 2.41. The van der Waals surface area contributed by atoms with Gasteiger partial charge in [0.15, 0.2) is 0 Å². The van der Waals surface area contributed by atoms with Crippen molar-refractivity contribution in [3.8, 4) is 0 Å². The number of benzene rings is 1. The maximum Gasteiger partial charge on any atom is 0.406 e. The van der Waals surface area contributed by atoms with E-state index in [4.69, 9.17) is 5.73 Å². The summed E-state index contributed by atoms with van der Waals surface area (Å²) in [6.45, 7) is 2.12. The molecule has 1 atom stereocenters. The van der Waals surface area contributed by atoms with E-state index in [9.17, 15) is 18.0 Å². The van der Waals surface area contributed by atoms with Crippen LogP contribution in [0.5, 0.6) is 0 Å². The lowest BCUT2D eigenvalue weighted by Crippen LogP contribution is -2.45. The van der Waals surface area contributed by atoms with Gasteiger partial charge in [-0.25, -0.2) is 0 Å². The van der Waals surface area contributed by atoms with Crippen molar-refractivity contribution in [3.05, 3.63) is 29.3 Å². The largest absolute Gasteiger partial charge is 0.406 e. The highest BCUT2D eigenvalue weighted by molar-refractivity contribution is 6.00. The smallest absolute Gasteiger partial charge is 0.398 e. The molecule has 1 aliphatic carbocycles. The monoisotopic (exact) mass is 300 g/mol. The van der Waals surface area contributed by atoms with Crippen LogP contribution >= 0.6 is 0 Å². The molecule has 1 fully saturated rings. The average molecular weight is 300 g/mol. The molecule has 0 aromatic heterocycles. The van der Waals surface area contributed by atoms with Gasteiger partial charge in [-0.1, -0.05) is 12.1 Å². The van der Waals surface area contributed by atoms with E-state index in [-0.39, 0.29) is 17.2 Å². The molecular weight excluding hydrogens is 281 g/mol. The highest BCUT2D eigenvalue weighted by atomic mass is 19.4. The minimum atomic E-state index is -4.42. The first-order valence-electron chi connectivity index (χ1n) is 6.93. The second-order valence-electron chi connectivity index (χ2n) is 5.67. The van der Waals surface area contributed by atoms with E-state index in [1.165, 1.54) is 6.07 Å². The van der Waals surface area contributed by atoms with E-state index in [0.29, 0.717) is 5.56 Å². The van der Waals surface area contributed by atoms with E-state index in [0.717, 1.165) is 17.7 Å². The molecule has 0 radical (unpaired) electrons. The summed E-state index contributed by atoms with van der Waals surface area (Å²) < 4.78 is 38.4. The second kappa shape index (κ2) is 5.58. The summed E-state index contributed by atoms with van der Waals surface area (Å²) in [6.07, 6.45) is -2.69. The third-order valence-corrected chi connectivity index (χ3v) is 3.93. The van der Waals surface area contributed by atoms with Crippen molar-refractivity contribution < 1.29 is 18.0 Å². The van der Waals surface area contributed by atoms with Crippen molar-refractivity contribution in [3.63, 3.8) is 0 Å². The summed E-state index contributed by atoms with van der Waals surface area (Å²) in [5.41, 5.74) is 6.77. The van der Waals surface area contributed by atoms with Crippen molar-refractivity contribution in [2.75, 3.05) is 12.3 Å². The molecule has 3 nitrogen and oxygen atoms in total. The number of nitrogens with two attached hydrogens (primary N) is 1. The second-order valence-corrected chi connectivity index (χ2v) is 5.67. The van der Waals surface area contributed by atoms with Crippen LogP contribution in [0.2, 0.25) is 0 Å². The van der Waals surface area contributed by atoms with Gasteiger partial charge in [-0.05, 0) is 44.2 Å². The molecule has 1 aliphatic rings. The predicted molar refractivity (Wildman–Crippen MR) is 74.9 cm³/mol. The first kappa shape index (κ1) is 15.7. The molecule has 1 amide bonds. The van der Waals surface area contributed by atoms with Crippen LogP contribution in [-0.2, 0) is 0 Å². The number of alkyl halides is 3. The van der Waals surface area contributed by atoms with E-state index in [1.54, 1.807) is 26.0 Å². The van der Waals surface area contributed by atoms with E-state index < -0.39 is 24.7 Å². The van der Waals surface area contributed by atoms with Crippen molar-refractivity contribution in [2.45, 2.75) is 38.9 Å². The van der Waals surface area contributed by atoms with Gasteiger partial charge in [0.25, 0.3) is 5.91 Å². The topological polar surface area (TPSA) is 46.3 Å². The number of carbonyl (C=O) groups excluding carboxylic acids is 1. The lowest BCUT2D eigenvalue weighted by molar-refractivity contribution is -0.144. The molecule has 2 rings (SSSR count). The van der Waals surface area contributed by atoms with Gasteiger partial charge in [-0.3, -0.25) is 4.79 Å². The molecule has 1 unspecified atom stereocenters. The molecule has 116 valence electrons. The maximum absolute atomic E-state index is 12.8. The molecular formula is C15H19F3N2O. The lowest BCUT2D eigenvalue weighted by atomic mass is 10.0. The Morgan fingerprint density at radius 1 is 1.43 bits per heavy atom. The lowest BCUT2D eigenvalue weighted by Gasteiger charge is -2.31. The van der Waals surface area contributed by atoms with Gasteiger partial charge in [0.05, 0.1) is 5.56 Å². The van der Waals surface area contributed by atoms with Gasteiger partial charge in [0.2, 0.25) is 0 Å². The van der Waals surface area contributed by atoms with Crippen LogP contribution in [-0.4, -0.2) is 29.6 Å².